The van der Waals surface area contributed by atoms with Crippen molar-refractivity contribution in [1.29, 1.82) is 0 Å². The fraction of sp³-hybridized carbons (Fsp3) is 0.296. The summed E-state index contributed by atoms with van der Waals surface area (Å²) in [7, 11) is 0. The van der Waals surface area contributed by atoms with Crippen molar-refractivity contribution in [1.82, 2.24) is 14.8 Å². The van der Waals surface area contributed by atoms with E-state index in [9.17, 15) is 14.4 Å². The van der Waals surface area contributed by atoms with Gasteiger partial charge < -0.3 is 14.8 Å². The van der Waals surface area contributed by atoms with Crippen LogP contribution in [0.4, 0.5) is 0 Å². The highest BCUT2D eigenvalue weighted by Crippen LogP contribution is 2.21. The Balaban J connectivity index is 1.47. The molecule has 2 aromatic carbocycles. The number of nitrogens with one attached hydrogen (secondary N) is 1. The van der Waals surface area contributed by atoms with E-state index in [0.29, 0.717) is 43.7 Å². The van der Waals surface area contributed by atoms with Crippen LogP contribution in [0.1, 0.15) is 46.9 Å². The minimum absolute atomic E-state index is 0.00507. The Labute approximate surface area is 193 Å². The third-order valence-electron chi connectivity index (χ3n) is 6.16. The van der Waals surface area contributed by atoms with Crippen molar-refractivity contribution >= 4 is 11.8 Å². The van der Waals surface area contributed by atoms with Crippen molar-refractivity contribution in [3.63, 3.8) is 0 Å². The maximum absolute atomic E-state index is 13.4. The zero-order valence-corrected chi connectivity index (χ0v) is 18.9. The van der Waals surface area contributed by atoms with Crippen LogP contribution in [0.15, 0.2) is 77.6 Å². The van der Waals surface area contributed by atoms with E-state index in [-0.39, 0.29) is 29.0 Å². The molecule has 0 bridgehead atoms. The first-order chi connectivity index (χ1) is 16.1. The number of likely N-dealkylation sites (tertiary alicyclic amines) is 1. The molecular formula is C27H29N3O3. The summed E-state index contributed by atoms with van der Waals surface area (Å²) >= 11 is 0. The van der Waals surface area contributed by atoms with Crippen molar-refractivity contribution in [2.45, 2.75) is 32.2 Å². The Bertz CT molecular complexity index is 1150. The summed E-state index contributed by atoms with van der Waals surface area (Å²) in [6, 6.07) is 22.3. The molecule has 0 spiro atoms. The predicted octanol–water partition coefficient (Wildman–Crippen LogP) is 4.20. The molecule has 2 heterocycles. The molecule has 1 aliphatic heterocycles. The smallest absolute Gasteiger partial charge is 0.261 e. The summed E-state index contributed by atoms with van der Waals surface area (Å²) in [5.74, 6) is -0.221. The molecule has 0 saturated carbocycles. The summed E-state index contributed by atoms with van der Waals surface area (Å²) in [6.07, 6.45) is 2.20. The van der Waals surface area contributed by atoms with Gasteiger partial charge in [0.15, 0.2) is 0 Å². The second kappa shape index (κ2) is 10.3. The molecule has 1 fully saturated rings. The molecule has 6 nitrogen and oxygen atoms in total. The standard InChI is InChI=1S/C27H29N3O3/c1-2-17-30(22-15-18-29(19-16-22)26(32)21-11-7-4-8-12-21)27(33)23-13-14-24(28-25(23)31)20-9-5-3-6-10-20/h3-14,22H,2,15-19H2,1H3,(H,28,31). The largest absolute Gasteiger partial charge is 0.338 e. The Hall–Kier alpha value is -3.67. The van der Waals surface area contributed by atoms with Crippen molar-refractivity contribution in [3.8, 4) is 11.3 Å². The topological polar surface area (TPSA) is 73.5 Å². The average molecular weight is 444 g/mol. The number of carbonyl (C=O) groups excluding carboxylic acids is 2. The Morgan fingerprint density at radius 1 is 0.939 bits per heavy atom. The zero-order chi connectivity index (χ0) is 23.2. The normalized spacial score (nSPS) is 14.2. The van der Waals surface area contributed by atoms with Crippen LogP contribution in [0.5, 0.6) is 0 Å². The number of aromatic nitrogens is 1. The van der Waals surface area contributed by atoms with E-state index in [4.69, 9.17) is 0 Å². The first-order valence-corrected chi connectivity index (χ1v) is 11.5. The number of piperidine rings is 1. The molecule has 170 valence electrons. The molecular weight excluding hydrogens is 414 g/mol. The van der Waals surface area contributed by atoms with Gasteiger partial charge in [0.2, 0.25) is 0 Å². The molecule has 6 heteroatoms. The summed E-state index contributed by atoms with van der Waals surface area (Å²) in [4.78, 5) is 45.4. The first kappa shape index (κ1) is 22.5. The van der Waals surface area contributed by atoms with Gasteiger partial charge in [-0.25, -0.2) is 0 Å². The number of nitrogens with zero attached hydrogens (tertiary/aromatic N) is 2. The summed E-state index contributed by atoms with van der Waals surface area (Å²) < 4.78 is 0. The Kier molecular flexibility index (Phi) is 7.03. The molecule has 1 N–H and O–H groups in total. The molecule has 1 aromatic heterocycles. The number of hydrogen-bond acceptors (Lipinski definition) is 3. The van der Waals surface area contributed by atoms with Gasteiger partial charge in [0.05, 0.1) is 0 Å². The number of aromatic amines is 1. The van der Waals surface area contributed by atoms with Gasteiger partial charge in [0.1, 0.15) is 5.56 Å². The average Bonchev–Trinajstić information content (AvgIpc) is 2.87. The fourth-order valence-electron chi connectivity index (χ4n) is 4.42. The van der Waals surface area contributed by atoms with E-state index in [1.165, 1.54) is 0 Å². The molecule has 0 aliphatic carbocycles. The third-order valence-corrected chi connectivity index (χ3v) is 6.16. The van der Waals surface area contributed by atoms with E-state index in [0.717, 1.165) is 12.0 Å². The lowest BCUT2D eigenvalue weighted by Gasteiger charge is -2.38. The van der Waals surface area contributed by atoms with Crippen LogP contribution in [-0.4, -0.2) is 52.3 Å². The van der Waals surface area contributed by atoms with E-state index in [1.54, 1.807) is 12.1 Å². The maximum atomic E-state index is 13.4. The predicted molar refractivity (Wildman–Crippen MR) is 129 cm³/mol. The highest BCUT2D eigenvalue weighted by atomic mass is 16.2. The van der Waals surface area contributed by atoms with Gasteiger partial charge in [-0.3, -0.25) is 14.4 Å². The molecule has 1 aliphatic rings. The van der Waals surface area contributed by atoms with E-state index in [2.05, 4.69) is 4.98 Å². The minimum Gasteiger partial charge on any atom is -0.338 e. The Morgan fingerprint density at radius 3 is 2.18 bits per heavy atom. The molecule has 3 aromatic rings. The number of H-pyrrole nitrogens is 1. The van der Waals surface area contributed by atoms with Crippen molar-refractivity contribution in [2.75, 3.05) is 19.6 Å². The second-order valence-corrected chi connectivity index (χ2v) is 8.37. The molecule has 0 atom stereocenters. The lowest BCUT2D eigenvalue weighted by molar-refractivity contribution is 0.0518. The lowest BCUT2D eigenvalue weighted by Crippen LogP contribution is -2.49. The summed E-state index contributed by atoms with van der Waals surface area (Å²) in [5, 5.41) is 0. The summed E-state index contributed by atoms with van der Waals surface area (Å²) in [6.45, 7) is 3.79. The van der Waals surface area contributed by atoms with E-state index >= 15 is 0 Å². The van der Waals surface area contributed by atoms with Crippen LogP contribution in [0.3, 0.4) is 0 Å². The van der Waals surface area contributed by atoms with Crippen LogP contribution >= 0.6 is 0 Å². The van der Waals surface area contributed by atoms with E-state index < -0.39 is 0 Å². The molecule has 1 saturated heterocycles. The zero-order valence-electron chi connectivity index (χ0n) is 18.9. The van der Waals surface area contributed by atoms with Crippen LogP contribution in [0, 0.1) is 0 Å². The number of hydrogen-bond donors (Lipinski definition) is 1. The van der Waals surface area contributed by atoms with Gasteiger partial charge in [0.25, 0.3) is 17.4 Å². The molecule has 0 unspecified atom stereocenters. The van der Waals surface area contributed by atoms with Crippen molar-refractivity contribution in [2.24, 2.45) is 0 Å². The van der Waals surface area contributed by atoms with Crippen molar-refractivity contribution < 1.29 is 9.59 Å². The molecule has 0 radical (unpaired) electrons. The van der Waals surface area contributed by atoms with Crippen LogP contribution in [0.2, 0.25) is 0 Å². The van der Waals surface area contributed by atoms with Gasteiger partial charge in [-0.15, -0.1) is 0 Å². The van der Waals surface area contributed by atoms with Gasteiger partial charge in [-0.1, -0.05) is 55.5 Å². The van der Waals surface area contributed by atoms with Crippen LogP contribution in [0.25, 0.3) is 11.3 Å². The van der Waals surface area contributed by atoms with Gasteiger partial charge in [-0.2, -0.15) is 0 Å². The quantitative estimate of drug-likeness (QED) is 0.621. The van der Waals surface area contributed by atoms with Crippen LogP contribution < -0.4 is 5.56 Å². The number of pyridine rings is 1. The maximum Gasteiger partial charge on any atom is 0.261 e. The highest BCUT2D eigenvalue weighted by Gasteiger charge is 2.31. The monoisotopic (exact) mass is 443 g/mol. The molecule has 4 rings (SSSR count). The van der Waals surface area contributed by atoms with Gasteiger partial charge >= 0.3 is 0 Å². The van der Waals surface area contributed by atoms with Gasteiger partial charge in [-0.05, 0) is 49.1 Å². The van der Waals surface area contributed by atoms with Gasteiger partial charge in [0, 0.05) is 36.9 Å². The molecule has 2 amide bonds. The van der Waals surface area contributed by atoms with Crippen LogP contribution in [-0.2, 0) is 0 Å². The van der Waals surface area contributed by atoms with Crippen molar-refractivity contribution in [3.05, 3.63) is 94.3 Å². The number of carbonyl (C=O) groups is 2. The second-order valence-electron chi connectivity index (χ2n) is 8.37. The number of rotatable bonds is 6. The Morgan fingerprint density at radius 2 is 1.58 bits per heavy atom. The lowest BCUT2D eigenvalue weighted by atomic mass is 10.0. The molecule has 33 heavy (non-hydrogen) atoms. The fourth-order valence-corrected chi connectivity index (χ4v) is 4.42. The number of benzene rings is 2. The third kappa shape index (κ3) is 5.06. The highest BCUT2D eigenvalue weighted by molar-refractivity contribution is 5.95. The first-order valence-electron chi connectivity index (χ1n) is 11.5. The number of amides is 2. The van der Waals surface area contributed by atoms with E-state index in [1.807, 2.05) is 77.4 Å². The minimum atomic E-state index is -0.376. The SMILES string of the molecule is CCCN(C(=O)c1ccc(-c2ccccc2)[nH]c1=O)C1CCN(C(=O)c2ccccc2)CC1. The summed E-state index contributed by atoms with van der Waals surface area (Å²) in [5.41, 5.74) is 2.05.